The van der Waals surface area contributed by atoms with Crippen LogP contribution in [0.25, 0.3) is 0 Å². The fraction of sp³-hybridized carbons (Fsp3) is 1.00. The van der Waals surface area contributed by atoms with E-state index in [0.717, 1.165) is 42.9 Å². The molecule has 23 heavy (non-hydrogen) atoms. The van der Waals surface area contributed by atoms with E-state index in [-0.39, 0.29) is 6.10 Å². The number of aliphatic hydroxyl groups is 2. The molecule has 2 N–H and O–H groups in total. The van der Waals surface area contributed by atoms with Crippen molar-refractivity contribution in [1.29, 1.82) is 0 Å². The van der Waals surface area contributed by atoms with Crippen molar-refractivity contribution in [2.75, 3.05) is 6.61 Å². The van der Waals surface area contributed by atoms with Crippen LogP contribution in [0.5, 0.6) is 0 Å². The van der Waals surface area contributed by atoms with Gasteiger partial charge in [0.25, 0.3) is 0 Å². The standard InChI is InChI=1S/C21H36O2/c1-20-11-7-16(23)14-15(20)5-6-17-18(20)8-12-21(10-3-13-22)9-2-4-19(17)21/h15-19,22-23H,2-14H2,1H3/t15?,16-,17?,18?,19?,20-,21+/m0/s1. The van der Waals surface area contributed by atoms with Gasteiger partial charge in [0.1, 0.15) is 0 Å². The fourth-order valence-electron chi connectivity index (χ4n) is 7.90. The van der Waals surface area contributed by atoms with Crippen LogP contribution in [0, 0.1) is 34.5 Å². The minimum Gasteiger partial charge on any atom is -0.396 e. The van der Waals surface area contributed by atoms with Gasteiger partial charge in [0.2, 0.25) is 0 Å². The van der Waals surface area contributed by atoms with Gasteiger partial charge in [0.15, 0.2) is 0 Å². The highest BCUT2D eigenvalue weighted by atomic mass is 16.3. The lowest BCUT2D eigenvalue weighted by Crippen LogP contribution is -2.53. The largest absolute Gasteiger partial charge is 0.396 e. The summed E-state index contributed by atoms with van der Waals surface area (Å²) in [6.45, 7) is 2.95. The summed E-state index contributed by atoms with van der Waals surface area (Å²) < 4.78 is 0. The quantitative estimate of drug-likeness (QED) is 0.802. The Morgan fingerprint density at radius 1 is 0.957 bits per heavy atom. The van der Waals surface area contributed by atoms with Crippen LogP contribution in [-0.2, 0) is 0 Å². The Bertz CT molecular complexity index is 436. The highest BCUT2D eigenvalue weighted by molar-refractivity contribution is 5.08. The van der Waals surface area contributed by atoms with Crippen molar-refractivity contribution in [2.24, 2.45) is 34.5 Å². The molecule has 4 saturated carbocycles. The molecule has 4 unspecified atom stereocenters. The molecule has 4 aliphatic carbocycles. The first kappa shape index (κ1) is 16.4. The van der Waals surface area contributed by atoms with Crippen LogP contribution in [0.2, 0.25) is 0 Å². The second kappa shape index (κ2) is 6.02. The molecule has 7 atom stereocenters. The topological polar surface area (TPSA) is 40.5 Å². The molecule has 0 aromatic carbocycles. The van der Waals surface area contributed by atoms with Gasteiger partial charge in [-0.15, -0.1) is 0 Å². The first-order valence-electron chi connectivity index (χ1n) is 10.4. The van der Waals surface area contributed by atoms with Crippen molar-refractivity contribution >= 4 is 0 Å². The number of hydrogen-bond donors (Lipinski definition) is 2. The Kier molecular flexibility index (Phi) is 4.29. The average molecular weight is 321 g/mol. The summed E-state index contributed by atoms with van der Waals surface area (Å²) in [5, 5.41) is 19.5. The molecule has 2 nitrogen and oxygen atoms in total. The van der Waals surface area contributed by atoms with Gasteiger partial charge in [0.05, 0.1) is 6.10 Å². The van der Waals surface area contributed by atoms with Crippen LogP contribution in [0.4, 0.5) is 0 Å². The Morgan fingerprint density at radius 2 is 1.83 bits per heavy atom. The smallest absolute Gasteiger partial charge is 0.0543 e. The monoisotopic (exact) mass is 320 g/mol. The molecule has 4 fully saturated rings. The van der Waals surface area contributed by atoms with Crippen molar-refractivity contribution in [3.8, 4) is 0 Å². The number of fused-ring (bicyclic) bond motifs is 5. The molecule has 4 rings (SSSR count). The minimum absolute atomic E-state index is 0.0247. The van der Waals surface area contributed by atoms with Gasteiger partial charge < -0.3 is 10.2 Å². The van der Waals surface area contributed by atoms with E-state index in [1.165, 1.54) is 57.8 Å². The molecule has 0 aromatic heterocycles. The summed E-state index contributed by atoms with van der Waals surface area (Å²) in [5.74, 6) is 3.58. The van der Waals surface area contributed by atoms with Crippen molar-refractivity contribution in [3.63, 3.8) is 0 Å². The summed E-state index contributed by atoms with van der Waals surface area (Å²) in [4.78, 5) is 0. The third kappa shape index (κ3) is 2.51. The van der Waals surface area contributed by atoms with Crippen LogP contribution in [0.3, 0.4) is 0 Å². The van der Waals surface area contributed by atoms with Crippen molar-refractivity contribution in [1.82, 2.24) is 0 Å². The third-order valence-corrected chi connectivity index (χ3v) is 9.00. The maximum absolute atomic E-state index is 10.1. The van der Waals surface area contributed by atoms with E-state index in [2.05, 4.69) is 6.92 Å². The molecule has 0 aromatic rings. The molecular weight excluding hydrogens is 284 g/mol. The lowest BCUT2D eigenvalue weighted by atomic mass is 9.44. The first-order valence-corrected chi connectivity index (χ1v) is 10.4. The lowest BCUT2D eigenvalue weighted by Gasteiger charge is -2.61. The Morgan fingerprint density at radius 3 is 2.65 bits per heavy atom. The van der Waals surface area contributed by atoms with Gasteiger partial charge in [-0.1, -0.05) is 13.3 Å². The van der Waals surface area contributed by atoms with E-state index in [4.69, 9.17) is 0 Å². The second-order valence-electron chi connectivity index (χ2n) is 9.71. The van der Waals surface area contributed by atoms with Gasteiger partial charge in [-0.25, -0.2) is 0 Å². The van der Waals surface area contributed by atoms with E-state index < -0.39 is 0 Å². The maximum atomic E-state index is 10.1. The molecule has 0 radical (unpaired) electrons. The van der Waals surface area contributed by atoms with Crippen LogP contribution in [-0.4, -0.2) is 22.9 Å². The van der Waals surface area contributed by atoms with Crippen LogP contribution >= 0.6 is 0 Å². The molecule has 0 bridgehead atoms. The minimum atomic E-state index is -0.0247. The molecule has 0 aliphatic heterocycles. The highest BCUT2D eigenvalue weighted by Gasteiger charge is 2.58. The van der Waals surface area contributed by atoms with Crippen molar-refractivity contribution < 1.29 is 10.2 Å². The molecule has 2 heteroatoms. The average Bonchev–Trinajstić information content (AvgIpc) is 2.98. The zero-order chi connectivity index (χ0) is 16.1. The molecule has 4 aliphatic rings. The molecule has 0 amide bonds. The molecule has 132 valence electrons. The van der Waals surface area contributed by atoms with E-state index in [1.54, 1.807) is 0 Å². The summed E-state index contributed by atoms with van der Waals surface area (Å²) >= 11 is 0. The van der Waals surface area contributed by atoms with E-state index in [1.807, 2.05) is 0 Å². The van der Waals surface area contributed by atoms with Crippen molar-refractivity contribution in [3.05, 3.63) is 0 Å². The summed E-state index contributed by atoms with van der Waals surface area (Å²) in [6, 6.07) is 0. The van der Waals surface area contributed by atoms with Crippen molar-refractivity contribution in [2.45, 2.75) is 90.1 Å². The lowest BCUT2D eigenvalue weighted by molar-refractivity contribution is -0.125. The fourth-order valence-corrected chi connectivity index (χ4v) is 7.90. The maximum Gasteiger partial charge on any atom is 0.0543 e. The van der Waals surface area contributed by atoms with Gasteiger partial charge in [-0.3, -0.25) is 0 Å². The van der Waals surface area contributed by atoms with Gasteiger partial charge >= 0.3 is 0 Å². The zero-order valence-electron chi connectivity index (χ0n) is 15.0. The van der Waals surface area contributed by atoms with Gasteiger partial charge in [0, 0.05) is 6.61 Å². The Hall–Kier alpha value is -0.0800. The summed E-state index contributed by atoms with van der Waals surface area (Å²) in [7, 11) is 0. The number of rotatable bonds is 3. The van der Waals surface area contributed by atoms with Gasteiger partial charge in [-0.05, 0) is 105 Å². The predicted octanol–water partition coefficient (Wildman–Crippen LogP) is 4.53. The second-order valence-corrected chi connectivity index (χ2v) is 9.71. The third-order valence-electron chi connectivity index (χ3n) is 9.00. The Labute approximate surface area is 142 Å². The predicted molar refractivity (Wildman–Crippen MR) is 93.0 cm³/mol. The summed E-state index contributed by atoms with van der Waals surface area (Å²) in [6.07, 6.45) is 15.6. The van der Waals surface area contributed by atoms with E-state index in [9.17, 15) is 10.2 Å². The van der Waals surface area contributed by atoms with Crippen LogP contribution in [0.1, 0.15) is 84.0 Å². The first-order chi connectivity index (χ1) is 11.1. The normalized spacial score (nSPS) is 52.6. The highest BCUT2D eigenvalue weighted by Crippen LogP contribution is 2.67. The van der Waals surface area contributed by atoms with E-state index in [0.29, 0.717) is 17.4 Å². The number of aliphatic hydroxyl groups excluding tert-OH is 2. The SMILES string of the molecule is C[C@]12CC[C@H](O)CC1CCC1C3CCC[C@@]3(CCCO)CCC12. The van der Waals surface area contributed by atoms with Crippen LogP contribution < -0.4 is 0 Å². The zero-order valence-corrected chi connectivity index (χ0v) is 15.0. The number of hydrogen-bond acceptors (Lipinski definition) is 2. The van der Waals surface area contributed by atoms with Gasteiger partial charge in [-0.2, -0.15) is 0 Å². The molecule has 0 heterocycles. The molecule has 0 spiro atoms. The Balaban J connectivity index is 1.57. The molecular formula is C21H36O2. The van der Waals surface area contributed by atoms with Crippen LogP contribution in [0.15, 0.2) is 0 Å². The summed E-state index contributed by atoms with van der Waals surface area (Å²) in [5.41, 5.74) is 1.09. The molecule has 0 saturated heterocycles. The van der Waals surface area contributed by atoms with E-state index >= 15 is 0 Å².